The molecule has 0 saturated heterocycles. The molecule has 0 aliphatic heterocycles. The number of aromatic nitrogens is 1. The molecule has 0 bridgehead atoms. The number of ether oxygens (including phenoxy) is 1. The van der Waals surface area contributed by atoms with Crippen LogP contribution in [-0.4, -0.2) is 11.0 Å². The first-order valence-electron chi connectivity index (χ1n) is 9.13. The lowest BCUT2D eigenvalue weighted by Gasteiger charge is -2.16. The number of rotatable bonds is 5. The third-order valence-electron chi connectivity index (χ3n) is 4.74. The summed E-state index contributed by atoms with van der Waals surface area (Å²) in [5.74, 6) is 0.452. The van der Waals surface area contributed by atoms with Crippen molar-refractivity contribution in [3.63, 3.8) is 0 Å². The van der Waals surface area contributed by atoms with Gasteiger partial charge in [0.1, 0.15) is 11.5 Å². The number of aryl methyl sites for hydroxylation is 2. The first-order valence-corrected chi connectivity index (χ1v) is 10.8. The fraction of sp³-hybridized carbons (Fsp3) is 0.333. The molecule has 0 amide bonds. The predicted octanol–water partition coefficient (Wildman–Crippen LogP) is 5.74. The van der Waals surface area contributed by atoms with Crippen LogP contribution in [0.4, 0.5) is 10.8 Å². The Morgan fingerprint density at radius 1 is 1.33 bits per heavy atom. The number of benzene rings is 1. The normalized spacial score (nSPS) is 16.0. The van der Waals surface area contributed by atoms with Crippen LogP contribution in [0.3, 0.4) is 0 Å². The molecule has 3 aromatic rings. The molecule has 4 rings (SSSR count). The van der Waals surface area contributed by atoms with Crippen LogP contribution in [0.1, 0.15) is 44.7 Å². The lowest BCUT2D eigenvalue weighted by molar-refractivity contribution is 0.0474. The number of thiazole rings is 1. The first kappa shape index (κ1) is 18.2. The minimum absolute atomic E-state index is 0.198. The minimum atomic E-state index is -0.247. The zero-order valence-corrected chi connectivity index (χ0v) is 17.1. The van der Waals surface area contributed by atoms with Crippen LogP contribution in [0.25, 0.3) is 0 Å². The number of carbonyl (C=O) groups is 1. The van der Waals surface area contributed by atoms with Gasteiger partial charge in [0.2, 0.25) is 0 Å². The lowest BCUT2D eigenvalue weighted by atomic mass is 9.90. The Kier molecular flexibility index (Phi) is 5.27. The van der Waals surface area contributed by atoms with Crippen LogP contribution < -0.4 is 5.32 Å². The predicted molar refractivity (Wildman–Crippen MR) is 111 cm³/mol. The van der Waals surface area contributed by atoms with Crippen molar-refractivity contribution in [1.29, 1.82) is 0 Å². The van der Waals surface area contributed by atoms with Gasteiger partial charge in [0, 0.05) is 15.9 Å². The van der Waals surface area contributed by atoms with Crippen molar-refractivity contribution < 1.29 is 9.53 Å². The fourth-order valence-corrected chi connectivity index (χ4v) is 5.03. The molecule has 1 aromatic carbocycles. The van der Waals surface area contributed by atoms with Gasteiger partial charge in [-0.25, -0.2) is 9.78 Å². The van der Waals surface area contributed by atoms with Crippen molar-refractivity contribution in [2.75, 3.05) is 5.32 Å². The van der Waals surface area contributed by atoms with Crippen molar-refractivity contribution in [3.05, 3.63) is 62.3 Å². The molecular formula is C21H22N2O2S2. The second kappa shape index (κ2) is 7.82. The molecule has 4 nitrogen and oxygen atoms in total. The van der Waals surface area contributed by atoms with Gasteiger partial charge in [-0.05, 0) is 55.9 Å². The maximum Gasteiger partial charge on any atom is 0.348 e. The Labute approximate surface area is 167 Å². The molecule has 1 aliphatic carbocycles. The summed E-state index contributed by atoms with van der Waals surface area (Å²) in [6.45, 7) is 4.52. The third kappa shape index (κ3) is 4.39. The van der Waals surface area contributed by atoms with Gasteiger partial charge in [-0.3, -0.25) is 0 Å². The Morgan fingerprint density at radius 2 is 2.15 bits per heavy atom. The van der Waals surface area contributed by atoms with Crippen molar-refractivity contribution in [3.8, 4) is 0 Å². The SMILES string of the molecule is Cc1ccc(Nc2nc(COC(=O)c3cc4c(s3)CCC(C)C4)cs2)cc1. The summed E-state index contributed by atoms with van der Waals surface area (Å²) in [7, 11) is 0. The number of esters is 1. The average Bonchev–Trinajstić information content (AvgIpc) is 3.28. The van der Waals surface area contributed by atoms with Crippen LogP contribution >= 0.6 is 22.7 Å². The Hall–Kier alpha value is -2.18. The molecule has 27 heavy (non-hydrogen) atoms. The molecule has 6 heteroatoms. The number of nitrogens with one attached hydrogen (secondary N) is 1. The summed E-state index contributed by atoms with van der Waals surface area (Å²) < 4.78 is 5.49. The van der Waals surface area contributed by atoms with Crippen LogP contribution in [-0.2, 0) is 24.2 Å². The van der Waals surface area contributed by atoms with E-state index in [1.165, 1.54) is 33.8 Å². The molecule has 0 radical (unpaired) electrons. The molecule has 1 aliphatic rings. The molecule has 0 saturated carbocycles. The van der Waals surface area contributed by atoms with E-state index < -0.39 is 0 Å². The van der Waals surface area contributed by atoms with E-state index >= 15 is 0 Å². The lowest BCUT2D eigenvalue weighted by Crippen LogP contribution is -2.08. The summed E-state index contributed by atoms with van der Waals surface area (Å²) in [4.78, 5) is 19.0. The summed E-state index contributed by atoms with van der Waals surface area (Å²) in [6, 6.07) is 10.2. The van der Waals surface area contributed by atoms with E-state index in [1.54, 1.807) is 11.3 Å². The number of hydrogen-bond donors (Lipinski definition) is 1. The molecular weight excluding hydrogens is 376 g/mol. The zero-order chi connectivity index (χ0) is 18.8. The summed E-state index contributed by atoms with van der Waals surface area (Å²) in [5, 5.41) is 6.00. The van der Waals surface area contributed by atoms with Crippen molar-refractivity contribution in [2.24, 2.45) is 5.92 Å². The Balaban J connectivity index is 1.34. The molecule has 2 heterocycles. The number of thiophene rings is 1. The maximum absolute atomic E-state index is 12.4. The molecule has 1 N–H and O–H groups in total. The standard InChI is InChI=1S/C21H22N2O2S2/c1-13-3-6-16(7-4-13)22-21-23-17(12-26-21)11-25-20(24)19-10-15-9-14(2)5-8-18(15)27-19/h3-4,6-7,10,12,14H,5,8-9,11H2,1-2H3,(H,22,23). The van der Waals surface area contributed by atoms with Gasteiger partial charge in [0.05, 0.1) is 5.69 Å². The number of fused-ring (bicyclic) bond motifs is 1. The van der Waals surface area contributed by atoms with E-state index in [0.29, 0.717) is 10.8 Å². The van der Waals surface area contributed by atoms with Gasteiger partial charge in [0.25, 0.3) is 0 Å². The highest BCUT2D eigenvalue weighted by molar-refractivity contribution is 7.14. The number of hydrogen-bond acceptors (Lipinski definition) is 6. The van der Waals surface area contributed by atoms with Crippen molar-refractivity contribution >= 4 is 39.5 Å². The van der Waals surface area contributed by atoms with Gasteiger partial charge >= 0.3 is 5.97 Å². The Morgan fingerprint density at radius 3 is 2.96 bits per heavy atom. The number of anilines is 2. The van der Waals surface area contributed by atoms with Crippen LogP contribution in [0.2, 0.25) is 0 Å². The van der Waals surface area contributed by atoms with E-state index in [2.05, 4.69) is 36.3 Å². The molecule has 0 spiro atoms. The van der Waals surface area contributed by atoms with E-state index in [4.69, 9.17) is 4.74 Å². The van der Waals surface area contributed by atoms with Gasteiger partial charge in [0.15, 0.2) is 5.13 Å². The van der Waals surface area contributed by atoms with E-state index in [0.717, 1.165) is 29.4 Å². The summed E-state index contributed by atoms with van der Waals surface area (Å²) >= 11 is 3.09. The molecule has 1 atom stereocenters. The quantitative estimate of drug-likeness (QED) is 0.557. The number of carbonyl (C=O) groups excluding carboxylic acids is 1. The van der Waals surface area contributed by atoms with Gasteiger partial charge in [-0.2, -0.15) is 0 Å². The van der Waals surface area contributed by atoms with Crippen LogP contribution in [0, 0.1) is 12.8 Å². The smallest absolute Gasteiger partial charge is 0.348 e. The molecule has 2 aromatic heterocycles. The first-order chi connectivity index (χ1) is 13.1. The second-order valence-electron chi connectivity index (χ2n) is 7.12. The Bertz CT molecular complexity index is 944. The van der Waals surface area contributed by atoms with E-state index in [9.17, 15) is 4.79 Å². The average molecular weight is 399 g/mol. The highest BCUT2D eigenvalue weighted by Gasteiger charge is 2.21. The van der Waals surface area contributed by atoms with E-state index in [1.807, 2.05) is 23.6 Å². The molecule has 1 unspecified atom stereocenters. The van der Waals surface area contributed by atoms with Gasteiger partial charge in [-0.15, -0.1) is 22.7 Å². The third-order valence-corrected chi connectivity index (χ3v) is 6.76. The van der Waals surface area contributed by atoms with Crippen LogP contribution in [0.5, 0.6) is 0 Å². The summed E-state index contributed by atoms with van der Waals surface area (Å²) in [6.07, 6.45) is 3.35. The second-order valence-corrected chi connectivity index (χ2v) is 9.11. The zero-order valence-electron chi connectivity index (χ0n) is 15.5. The van der Waals surface area contributed by atoms with Crippen molar-refractivity contribution in [1.82, 2.24) is 4.98 Å². The van der Waals surface area contributed by atoms with E-state index in [-0.39, 0.29) is 12.6 Å². The molecule has 0 fully saturated rings. The van der Waals surface area contributed by atoms with Gasteiger partial charge in [-0.1, -0.05) is 24.6 Å². The highest BCUT2D eigenvalue weighted by atomic mass is 32.1. The monoisotopic (exact) mass is 398 g/mol. The molecule has 140 valence electrons. The highest BCUT2D eigenvalue weighted by Crippen LogP contribution is 2.32. The largest absolute Gasteiger partial charge is 0.455 e. The van der Waals surface area contributed by atoms with Crippen molar-refractivity contribution in [2.45, 2.75) is 39.7 Å². The number of nitrogens with zero attached hydrogens (tertiary/aromatic N) is 1. The minimum Gasteiger partial charge on any atom is -0.455 e. The maximum atomic E-state index is 12.4. The summed E-state index contributed by atoms with van der Waals surface area (Å²) in [5.41, 5.74) is 4.30. The van der Waals surface area contributed by atoms with Gasteiger partial charge < -0.3 is 10.1 Å². The van der Waals surface area contributed by atoms with Crippen LogP contribution in [0.15, 0.2) is 35.7 Å². The topological polar surface area (TPSA) is 51.2 Å². The fourth-order valence-electron chi connectivity index (χ4n) is 3.21.